The number of hydrogen-bond donors (Lipinski definition) is 3. The molecule has 0 bridgehead atoms. The van der Waals surface area contributed by atoms with Gasteiger partial charge in [0.25, 0.3) is 0 Å². The number of carbonyl (C=O) groups is 3. The van der Waals surface area contributed by atoms with Crippen LogP contribution in [0.15, 0.2) is 36.9 Å². The molecular weight excluding hydrogens is 410 g/mol. The van der Waals surface area contributed by atoms with Crippen molar-refractivity contribution >= 4 is 17.9 Å². The van der Waals surface area contributed by atoms with E-state index in [0.717, 1.165) is 5.56 Å². The molecule has 8 nitrogen and oxygen atoms in total. The predicted molar refractivity (Wildman–Crippen MR) is 124 cm³/mol. The fourth-order valence-corrected chi connectivity index (χ4v) is 3.05. The number of hydrogen-bond acceptors (Lipinski definition) is 5. The van der Waals surface area contributed by atoms with Gasteiger partial charge in [-0.15, -0.1) is 6.58 Å². The SMILES string of the molecule is C=CCN(C(=O)C(CO)NC(=O)OC(C)(C)C)C(C(=O)NC(C)(C)C)c1cccc(C)c1. The van der Waals surface area contributed by atoms with E-state index in [1.54, 1.807) is 32.9 Å². The van der Waals surface area contributed by atoms with Crippen molar-refractivity contribution in [1.29, 1.82) is 0 Å². The summed E-state index contributed by atoms with van der Waals surface area (Å²) in [5, 5.41) is 15.2. The molecular formula is C24H37N3O5. The van der Waals surface area contributed by atoms with Gasteiger partial charge in [-0.2, -0.15) is 0 Å². The second-order valence-electron chi connectivity index (χ2n) is 9.72. The van der Waals surface area contributed by atoms with Crippen molar-refractivity contribution in [3.8, 4) is 0 Å². The van der Waals surface area contributed by atoms with Crippen LogP contribution in [0.1, 0.15) is 58.7 Å². The third-order valence-corrected chi connectivity index (χ3v) is 4.20. The molecule has 0 spiro atoms. The number of aryl methyl sites for hydroxylation is 1. The Labute approximate surface area is 191 Å². The van der Waals surface area contributed by atoms with Crippen LogP contribution in [0.2, 0.25) is 0 Å². The Bertz CT molecular complexity index is 824. The van der Waals surface area contributed by atoms with E-state index in [1.165, 1.54) is 11.0 Å². The molecule has 1 aromatic rings. The Morgan fingerprint density at radius 3 is 2.28 bits per heavy atom. The minimum atomic E-state index is -1.29. The average Bonchev–Trinajstić information content (AvgIpc) is 2.62. The molecule has 3 N–H and O–H groups in total. The summed E-state index contributed by atoms with van der Waals surface area (Å²) in [5.41, 5.74) is 0.223. The average molecular weight is 448 g/mol. The molecule has 0 fully saturated rings. The topological polar surface area (TPSA) is 108 Å². The largest absolute Gasteiger partial charge is 0.444 e. The smallest absolute Gasteiger partial charge is 0.408 e. The Kier molecular flexibility index (Phi) is 9.45. The number of rotatable bonds is 8. The number of alkyl carbamates (subject to hydrolysis) is 1. The van der Waals surface area contributed by atoms with E-state index in [9.17, 15) is 19.5 Å². The van der Waals surface area contributed by atoms with E-state index >= 15 is 0 Å². The normalized spacial score (nSPS) is 13.5. The Morgan fingerprint density at radius 1 is 1.19 bits per heavy atom. The summed E-state index contributed by atoms with van der Waals surface area (Å²) in [4.78, 5) is 40.2. The van der Waals surface area contributed by atoms with Crippen LogP contribution < -0.4 is 10.6 Å². The lowest BCUT2D eigenvalue weighted by Gasteiger charge is -2.35. The fraction of sp³-hybridized carbons (Fsp3) is 0.542. The summed E-state index contributed by atoms with van der Waals surface area (Å²) >= 11 is 0. The van der Waals surface area contributed by atoms with Gasteiger partial charge in [-0.25, -0.2) is 4.79 Å². The molecule has 0 heterocycles. The lowest BCUT2D eigenvalue weighted by molar-refractivity contribution is -0.143. The van der Waals surface area contributed by atoms with E-state index in [4.69, 9.17) is 4.74 Å². The standard InChI is InChI=1S/C24H37N3O5/c1-9-13-27(21(30)18(15-28)25-22(31)32-24(6,7)8)19(20(29)26-23(3,4)5)17-12-10-11-16(2)14-17/h9-12,14,18-19,28H,1,13,15H2,2-8H3,(H,25,31)(H,26,29). The number of carbonyl (C=O) groups excluding carboxylic acids is 3. The van der Waals surface area contributed by atoms with E-state index < -0.39 is 41.8 Å². The summed E-state index contributed by atoms with van der Waals surface area (Å²) < 4.78 is 5.20. The van der Waals surface area contributed by atoms with Gasteiger partial charge in [-0.3, -0.25) is 9.59 Å². The molecule has 0 saturated carbocycles. The van der Waals surface area contributed by atoms with Gasteiger partial charge in [0.1, 0.15) is 17.7 Å². The minimum Gasteiger partial charge on any atom is -0.444 e. The number of ether oxygens (including phenoxy) is 1. The molecule has 1 aromatic carbocycles. The van der Waals surface area contributed by atoms with E-state index in [1.807, 2.05) is 39.8 Å². The quantitative estimate of drug-likeness (QED) is 0.531. The third kappa shape index (κ3) is 8.70. The summed E-state index contributed by atoms with van der Waals surface area (Å²) in [6.45, 7) is 15.6. The molecule has 8 heteroatoms. The first-order chi connectivity index (χ1) is 14.7. The van der Waals surface area contributed by atoms with Crippen molar-refractivity contribution in [3.05, 3.63) is 48.0 Å². The molecule has 3 amide bonds. The Balaban J connectivity index is 3.36. The molecule has 2 atom stereocenters. The molecule has 0 aliphatic heterocycles. The number of nitrogens with one attached hydrogen (secondary N) is 2. The lowest BCUT2D eigenvalue weighted by atomic mass is 9.99. The summed E-state index contributed by atoms with van der Waals surface area (Å²) in [6.07, 6.45) is 0.655. The van der Waals surface area contributed by atoms with Crippen molar-refractivity contribution in [2.75, 3.05) is 13.2 Å². The van der Waals surface area contributed by atoms with Crippen molar-refractivity contribution in [2.24, 2.45) is 0 Å². The van der Waals surface area contributed by atoms with Crippen molar-refractivity contribution < 1.29 is 24.2 Å². The van der Waals surface area contributed by atoms with E-state index in [0.29, 0.717) is 5.56 Å². The first-order valence-electron chi connectivity index (χ1n) is 10.6. The van der Waals surface area contributed by atoms with Crippen LogP contribution >= 0.6 is 0 Å². The van der Waals surface area contributed by atoms with Gasteiger partial charge < -0.3 is 25.4 Å². The number of aliphatic hydroxyl groups excluding tert-OH is 1. The maximum Gasteiger partial charge on any atom is 0.408 e. The van der Waals surface area contributed by atoms with Gasteiger partial charge in [0.15, 0.2) is 0 Å². The highest BCUT2D eigenvalue weighted by Gasteiger charge is 2.36. The fourth-order valence-electron chi connectivity index (χ4n) is 3.05. The molecule has 2 unspecified atom stereocenters. The van der Waals surface area contributed by atoms with Crippen molar-refractivity contribution in [3.63, 3.8) is 0 Å². The Hall–Kier alpha value is -2.87. The monoisotopic (exact) mass is 447 g/mol. The maximum absolute atomic E-state index is 13.4. The van der Waals surface area contributed by atoms with Crippen LogP contribution in [0, 0.1) is 6.92 Å². The van der Waals surface area contributed by atoms with Crippen LogP contribution in [-0.2, 0) is 14.3 Å². The van der Waals surface area contributed by atoms with E-state index in [2.05, 4.69) is 17.2 Å². The molecule has 1 rings (SSSR count). The highest BCUT2D eigenvalue weighted by atomic mass is 16.6. The second kappa shape index (κ2) is 11.1. The number of aliphatic hydroxyl groups is 1. The van der Waals surface area contributed by atoms with Gasteiger partial charge in [0.2, 0.25) is 11.8 Å². The zero-order chi connectivity index (χ0) is 24.7. The van der Waals surface area contributed by atoms with Crippen LogP contribution in [-0.4, -0.2) is 58.2 Å². The van der Waals surface area contributed by atoms with Gasteiger partial charge >= 0.3 is 6.09 Å². The highest BCUT2D eigenvalue weighted by Crippen LogP contribution is 2.24. The third-order valence-electron chi connectivity index (χ3n) is 4.20. The van der Waals surface area contributed by atoms with Crippen LogP contribution in [0.4, 0.5) is 4.79 Å². The zero-order valence-corrected chi connectivity index (χ0v) is 20.2. The van der Waals surface area contributed by atoms with Gasteiger partial charge in [0, 0.05) is 12.1 Å². The van der Waals surface area contributed by atoms with Crippen molar-refractivity contribution in [2.45, 2.75) is 71.7 Å². The first-order valence-corrected chi connectivity index (χ1v) is 10.6. The van der Waals surface area contributed by atoms with Crippen LogP contribution in [0.25, 0.3) is 0 Å². The van der Waals surface area contributed by atoms with Crippen LogP contribution in [0.5, 0.6) is 0 Å². The van der Waals surface area contributed by atoms with E-state index in [-0.39, 0.29) is 12.5 Å². The zero-order valence-electron chi connectivity index (χ0n) is 20.2. The van der Waals surface area contributed by atoms with Gasteiger partial charge in [0.05, 0.1) is 6.61 Å². The number of benzene rings is 1. The highest BCUT2D eigenvalue weighted by molar-refractivity contribution is 5.92. The molecule has 0 saturated heterocycles. The number of amides is 3. The lowest BCUT2D eigenvalue weighted by Crippen LogP contribution is -2.55. The minimum absolute atomic E-state index is 0.0293. The second-order valence-corrected chi connectivity index (χ2v) is 9.72. The first kappa shape index (κ1) is 27.2. The molecule has 32 heavy (non-hydrogen) atoms. The summed E-state index contributed by atoms with van der Waals surface area (Å²) in [6, 6.07) is 5.00. The maximum atomic E-state index is 13.4. The Morgan fingerprint density at radius 2 is 1.81 bits per heavy atom. The number of nitrogens with zero attached hydrogens (tertiary/aromatic N) is 1. The van der Waals surface area contributed by atoms with Crippen molar-refractivity contribution in [1.82, 2.24) is 15.5 Å². The molecule has 0 aromatic heterocycles. The predicted octanol–water partition coefficient (Wildman–Crippen LogP) is 2.85. The summed E-state index contributed by atoms with van der Waals surface area (Å²) in [7, 11) is 0. The molecule has 0 aliphatic rings. The molecule has 0 aliphatic carbocycles. The van der Waals surface area contributed by atoms with Gasteiger partial charge in [-0.1, -0.05) is 35.9 Å². The summed E-state index contributed by atoms with van der Waals surface area (Å²) in [5.74, 6) is -1.01. The molecule has 178 valence electrons. The molecule has 0 radical (unpaired) electrons. The van der Waals surface area contributed by atoms with Gasteiger partial charge in [-0.05, 0) is 54.0 Å². The van der Waals surface area contributed by atoms with Crippen LogP contribution in [0.3, 0.4) is 0 Å².